The number of amides is 1. The van der Waals surface area contributed by atoms with Crippen molar-refractivity contribution in [1.82, 2.24) is 24.6 Å². The molecule has 1 aliphatic heterocycles. The van der Waals surface area contributed by atoms with Gasteiger partial charge in [-0.15, -0.1) is 16.4 Å². The monoisotopic (exact) mass is 435 g/mol. The van der Waals surface area contributed by atoms with Gasteiger partial charge in [-0.3, -0.25) is 9.48 Å². The summed E-state index contributed by atoms with van der Waals surface area (Å²) in [7, 11) is -3.86. The molecular weight excluding hydrogens is 417 g/mol. The molecule has 2 aromatic rings. The van der Waals surface area contributed by atoms with Crippen LogP contribution in [-0.2, 0) is 16.6 Å². The fraction of sp³-hybridized carbons (Fsp3) is 0.533. The molecule has 1 fully saturated rings. The maximum absolute atomic E-state index is 14.0. The number of thiophene rings is 1. The van der Waals surface area contributed by atoms with Gasteiger partial charge in [0.25, 0.3) is 15.9 Å². The Morgan fingerprint density at radius 2 is 2.22 bits per heavy atom. The SMILES string of the molecule is CC(C)NC(=O)c1cn(CC2CC(F)CN2S(=O)(=O)c2ccc(Cl)s2)nn1. The molecule has 2 aromatic heterocycles. The van der Waals surface area contributed by atoms with Crippen molar-refractivity contribution in [3.63, 3.8) is 0 Å². The van der Waals surface area contributed by atoms with Gasteiger partial charge < -0.3 is 5.32 Å². The highest BCUT2D eigenvalue weighted by molar-refractivity contribution is 7.91. The molecule has 0 bridgehead atoms. The molecule has 1 N–H and O–H groups in total. The van der Waals surface area contributed by atoms with Crippen molar-refractivity contribution in [3.8, 4) is 0 Å². The molecule has 0 radical (unpaired) electrons. The molecule has 2 unspecified atom stereocenters. The summed E-state index contributed by atoms with van der Waals surface area (Å²) in [4.78, 5) is 12.0. The Balaban J connectivity index is 1.77. The van der Waals surface area contributed by atoms with Crippen LogP contribution in [0.3, 0.4) is 0 Å². The van der Waals surface area contributed by atoms with E-state index in [2.05, 4.69) is 15.6 Å². The third-order valence-electron chi connectivity index (χ3n) is 4.01. The standard InChI is InChI=1S/C15H19ClFN5O3S2/c1-9(2)18-15(23)12-8-21(20-19-12)7-11-5-10(17)6-22(11)27(24,25)14-4-3-13(16)26-14/h3-4,8-11H,5-7H2,1-2H3,(H,18,23). The van der Waals surface area contributed by atoms with Crippen LogP contribution < -0.4 is 5.32 Å². The predicted molar refractivity (Wildman–Crippen MR) is 99.1 cm³/mol. The Labute approximate surface area is 165 Å². The molecule has 0 saturated carbocycles. The van der Waals surface area contributed by atoms with Crippen LogP contribution in [0.15, 0.2) is 22.5 Å². The number of hydrogen-bond acceptors (Lipinski definition) is 6. The first-order chi connectivity index (χ1) is 12.7. The molecule has 0 aromatic carbocycles. The van der Waals surface area contributed by atoms with E-state index < -0.39 is 22.2 Å². The second-order valence-electron chi connectivity index (χ2n) is 6.57. The van der Waals surface area contributed by atoms with Crippen LogP contribution in [-0.4, -0.2) is 58.4 Å². The highest BCUT2D eigenvalue weighted by Gasteiger charge is 2.41. The number of aromatic nitrogens is 3. The fourth-order valence-electron chi connectivity index (χ4n) is 2.89. The topological polar surface area (TPSA) is 97.2 Å². The van der Waals surface area contributed by atoms with Crippen molar-refractivity contribution in [1.29, 1.82) is 0 Å². The molecule has 0 aliphatic carbocycles. The van der Waals surface area contributed by atoms with Crippen LogP contribution in [0.2, 0.25) is 4.34 Å². The molecule has 3 rings (SSSR count). The number of halogens is 2. The summed E-state index contributed by atoms with van der Waals surface area (Å²) in [5.74, 6) is -0.372. The van der Waals surface area contributed by atoms with E-state index in [4.69, 9.17) is 11.6 Å². The van der Waals surface area contributed by atoms with E-state index in [0.29, 0.717) is 4.34 Å². The van der Waals surface area contributed by atoms with Crippen molar-refractivity contribution >= 4 is 38.9 Å². The zero-order valence-electron chi connectivity index (χ0n) is 14.7. The maximum atomic E-state index is 14.0. The molecule has 27 heavy (non-hydrogen) atoms. The van der Waals surface area contributed by atoms with Crippen LogP contribution >= 0.6 is 22.9 Å². The summed E-state index contributed by atoms with van der Waals surface area (Å²) in [6.45, 7) is 3.52. The Hall–Kier alpha value is -1.56. The summed E-state index contributed by atoms with van der Waals surface area (Å²) in [6, 6.07) is 2.22. The van der Waals surface area contributed by atoms with E-state index in [0.717, 1.165) is 15.6 Å². The molecule has 148 valence electrons. The summed E-state index contributed by atoms with van der Waals surface area (Å²) >= 11 is 6.77. The lowest BCUT2D eigenvalue weighted by Crippen LogP contribution is -2.38. The molecule has 3 heterocycles. The number of nitrogens with zero attached hydrogens (tertiary/aromatic N) is 4. The normalized spacial score (nSPS) is 21.1. The van der Waals surface area contributed by atoms with Crippen molar-refractivity contribution in [2.75, 3.05) is 6.54 Å². The second-order valence-corrected chi connectivity index (χ2v) is 10.4. The van der Waals surface area contributed by atoms with Crippen LogP contribution in [0.4, 0.5) is 4.39 Å². The summed E-state index contributed by atoms with van der Waals surface area (Å²) in [5.41, 5.74) is 0.123. The lowest BCUT2D eigenvalue weighted by atomic mass is 10.2. The first-order valence-corrected chi connectivity index (χ1v) is 10.9. The highest BCUT2D eigenvalue weighted by atomic mass is 35.5. The molecule has 1 saturated heterocycles. The largest absolute Gasteiger partial charge is 0.348 e. The summed E-state index contributed by atoms with van der Waals surface area (Å²) in [5, 5.41) is 10.4. The number of alkyl halides is 1. The maximum Gasteiger partial charge on any atom is 0.273 e. The van der Waals surface area contributed by atoms with E-state index >= 15 is 0 Å². The van der Waals surface area contributed by atoms with Crippen LogP contribution in [0, 0.1) is 0 Å². The van der Waals surface area contributed by atoms with Gasteiger partial charge in [0.15, 0.2) is 5.69 Å². The number of sulfonamides is 1. The Kier molecular flexibility index (Phi) is 5.84. The number of hydrogen-bond donors (Lipinski definition) is 1. The van der Waals surface area contributed by atoms with Crippen molar-refractivity contribution < 1.29 is 17.6 Å². The molecule has 8 nitrogen and oxygen atoms in total. The van der Waals surface area contributed by atoms with Gasteiger partial charge in [0.05, 0.1) is 17.1 Å². The molecule has 0 spiro atoms. The van der Waals surface area contributed by atoms with Crippen molar-refractivity contribution in [3.05, 3.63) is 28.4 Å². The average molecular weight is 436 g/mol. The quantitative estimate of drug-likeness (QED) is 0.747. The molecule has 12 heteroatoms. The minimum Gasteiger partial charge on any atom is -0.348 e. The molecule has 2 atom stereocenters. The third kappa shape index (κ3) is 4.48. The van der Waals surface area contributed by atoms with Crippen LogP contribution in [0.1, 0.15) is 30.8 Å². The van der Waals surface area contributed by atoms with E-state index in [1.165, 1.54) is 23.0 Å². The number of carbonyl (C=O) groups excluding carboxylic acids is 1. The Bertz CT molecular complexity index is 930. The average Bonchev–Trinajstić information content (AvgIpc) is 3.27. The van der Waals surface area contributed by atoms with Gasteiger partial charge in [-0.2, -0.15) is 4.31 Å². The van der Waals surface area contributed by atoms with E-state index in [1.54, 1.807) is 0 Å². The fourth-order valence-corrected chi connectivity index (χ4v) is 6.15. The molecule has 1 aliphatic rings. The van der Waals surface area contributed by atoms with Crippen LogP contribution in [0.5, 0.6) is 0 Å². The van der Waals surface area contributed by atoms with Gasteiger partial charge in [0.1, 0.15) is 10.4 Å². The Morgan fingerprint density at radius 1 is 1.48 bits per heavy atom. The minimum atomic E-state index is -3.86. The van der Waals surface area contributed by atoms with Crippen molar-refractivity contribution in [2.45, 2.75) is 49.3 Å². The zero-order chi connectivity index (χ0) is 19.8. The highest BCUT2D eigenvalue weighted by Crippen LogP contribution is 2.33. The number of rotatable bonds is 6. The minimum absolute atomic E-state index is 0.0473. The number of nitrogens with one attached hydrogen (secondary N) is 1. The third-order valence-corrected chi connectivity index (χ3v) is 7.63. The van der Waals surface area contributed by atoms with Gasteiger partial charge in [-0.1, -0.05) is 16.8 Å². The molecular formula is C15H19ClFN5O3S2. The predicted octanol–water partition coefficient (Wildman–Crippen LogP) is 1.93. The lowest BCUT2D eigenvalue weighted by Gasteiger charge is -2.22. The van der Waals surface area contributed by atoms with Gasteiger partial charge in [-0.05, 0) is 32.4 Å². The van der Waals surface area contributed by atoms with Gasteiger partial charge in [0.2, 0.25) is 0 Å². The van der Waals surface area contributed by atoms with Crippen LogP contribution in [0.25, 0.3) is 0 Å². The zero-order valence-corrected chi connectivity index (χ0v) is 17.1. The van der Waals surface area contributed by atoms with Gasteiger partial charge in [-0.25, -0.2) is 12.8 Å². The molecule has 1 amide bonds. The smallest absolute Gasteiger partial charge is 0.273 e. The first kappa shape index (κ1) is 20.2. The van der Waals surface area contributed by atoms with Gasteiger partial charge >= 0.3 is 0 Å². The summed E-state index contributed by atoms with van der Waals surface area (Å²) < 4.78 is 42.6. The van der Waals surface area contributed by atoms with Gasteiger partial charge in [0, 0.05) is 18.6 Å². The second kappa shape index (κ2) is 7.82. The van der Waals surface area contributed by atoms with E-state index in [-0.39, 0.29) is 41.4 Å². The van der Waals surface area contributed by atoms with E-state index in [9.17, 15) is 17.6 Å². The van der Waals surface area contributed by atoms with E-state index in [1.807, 2.05) is 13.8 Å². The first-order valence-electron chi connectivity index (χ1n) is 8.29. The van der Waals surface area contributed by atoms with Crippen molar-refractivity contribution in [2.24, 2.45) is 0 Å². The summed E-state index contributed by atoms with van der Waals surface area (Å²) in [6.07, 6.45) is 0.203. The Morgan fingerprint density at radius 3 is 2.85 bits per heavy atom. The number of carbonyl (C=O) groups is 1. The lowest BCUT2D eigenvalue weighted by molar-refractivity contribution is 0.0938.